The van der Waals surface area contributed by atoms with Gasteiger partial charge in [-0.05, 0) is 51.2 Å². The Labute approximate surface area is 105 Å². The molecule has 0 unspecified atom stereocenters. The van der Waals surface area contributed by atoms with Gasteiger partial charge >= 0.3 is 6.03 Å². The highest BCUT2D eigenvalue weighted by molar-refractivity contribution is 5.73. The number of nitrogens with zero attached hydrogens (tertiary/aromatic N) is 3. The van der Waals surface area contributed by atoms with E-state index in [-0.39, 0.29) is 6.03 Å². The summed E-state index contributed by atoms with van der Waals surface area (Å²) >= 11 is 0. The number of hydrogen-bond acceptors (Lipinski definition) is 2. The van der Waals surface area contributed by atoms with Crippen molar-refractivity contribution in [2.45, 2.75) is 25.7 Å². The lowest BCUT2D eigenvalue weighted by molar-refractivity contribution is 0.0495. The molecule has 2 fully saturated rings. The molecule has 0 bridgehead atoms. The van der Waals surface area contributed by atoms with Crippen LogP contribution in [0.3, 0.4) is 0 Å². The van der Waals surface area contributed by atoms with Crippen LogP contribution in [0.4, 0.5) is 4.79 Å². The topological polar surface area (TPSA) is 26.8 Å². The standard InChI is InChI=1S/C13H25N3O/c1-14(2)12(17)16-10-6-13(7-11-16)4-8-15(3)9-5-13/h4-11H2,1-3H3. The molecule has 0 aromatic heterocycles. The van der Waals surface area contributed by atoms with Crippen LogP contribution in [0, 0.1) is 5.41 Å². The van der Waals surface area contributed by atoms with Gasteiger partial charge in [0.05, 0.1) is 0 Å². The minimum atomic E-state index is 0.174. The molecule has 2 aliphatic rings. The monoisotopic (exact) mass is 239 g/mol. The van der Waals surface area contributed by atoms with Gasteiger partial charge < -0.3 is 14.7 Å². The number of carbonyl (C=O) groups is 1. The lowest BCUT2D eigenvalue weighted by atomic mass is 9.71. The Morgan fingerprint density at radius 3 is 1.94 bits per heavy atom. The Bertz CT molecular complexity index is 272. The number of piperidine rings is 2. The zero-order valence-electron chi connectivity index (χ0n) is 11.4. The first-order valence-electron chi connectivity index (χ1n) is 6.67. The van der Waals surface area contributed by atoms with Crippen molar-refractivity contribution < 1.29 is 4.79 Å². The van der Waals surface area contributed by atoms with Crippen LogP contribution in [0.2, 0.25) is 0 Å². The average molecular weight is 239 g/mol. The zero-order valence-corrected chi connectivity index (χ0v) is 11.4. The van der Waals surface area contributed by atoms with Gasteiger partial charge in [-0.15, -0.1) is 0 Å². The van der Waals surface area contributed by atoms with Crippen LogP contribution in [0.5, 0.6) is 0 Å². The molecule has 0 N–H and O–H groups in total. The van der Waals surface area contributed by atoms with Crippen LogP contribution >= 0.6 is 0 Å². The predicted octanol–water partition coefficient (Wildman–Crippen LogP) is 1.48. The van der Waals surface area contributed by atoms with Gasteiger partial charge in [-0.2, -0.15) is 0 Å². The van der Waals surface area contributed by atoms with Gasteiger partial charge in [-0.1, -0.05) is 0 Å². The highest BCUT2D eigenvalue weighted by Gasteiger charge is 2.37. The predicted molar refractivity (Wildman–Crippen MR) is 69.1 cm³/mol. The number of amides is 2. The molecule has 0 aromatic carbocycles. The average Bonchev–Trinajstić information content (AvgIpc) is 2.33. The fraction of sp³-hybridized carbons (Fsp3) is 0.923. The summed E-state index contributed by atoms with van der Waals surface area (Å²) in [5.74, 6) is 0. The van der Waals surface area contributed by atoms with Gasteiger partial charge in [-0.25, -0.2) is 4.79 Å². The number of hydrogen-bond donors (Lipinski definition) is 0. The highest BCUT2D eigenvalue weighted by Crippen LogP contribution is 2.40. The van der Waals surface area contributed by atoms with Crippen LogP contribution in [0.15, 0.2) is 0 Å². The molecule has 0 atom stereocenters. The summed E-state index contributed by atoms with van der Waals surface area (Å²) in [7, 11) is 5.88. The lowest BCUT2D eigenvalue weighted by Crippen LogP contribution is -2.49. The number of carbonyl (C=O) groups excluding carboxylic acids is 1. The first-order valence-corrected chi connectivity index (χ1v) is 6.67. The molecule has 4 heteroatoms. The van der Waals surface area contributed by atoms with Gasteiger partial charge in [-0.3, -0.25) is 0 Å². The SMILES string of the molecule is CN1CCC2(CC1)CCN(C(=O)N(C)C)CC2. The minimum Gasteiger partial charge on any atom is -0.331 e. The molecule has 0 radical (unpaired) electrons. The third-order valence-corrected chi connectivity index (χ3v) is 4.52. The van der Waals surface area contributed by atoms with Gasteiger partial charge in [0.15, 0.2) is 0 Å². The lowest BCUT2D eigenvalue weighted by Gasteiger charge is -2.46. The fourth-order valence-electron chi connectivity index (χ4n) is 3.05. The van der Waals surface area contributed by atoms with Crippen molar-refractivity contribution in [3.63, 3.8) is 0 Å². The van der Waals surface area contributed by atoms with Gasteiger partial charge in [0.25, 0.3) is 0 Å². The van der Waals surface area contributed by atoms with Gasteiger partial charge in [0, 0.05) is 27.2 Å². The van der Waals surface area contributed by atoms with Crippen LogP contribution in [-0.2, 0) is 0 Å². The molecule has 0 aromatic rings. The third-order valence-electron chi connectivity index (χ3n) is 4.52. The zero-order chi connectivity index (χ0) is 12.5. The second-order valence-corrected chi connectivity index (χ2v) is 5.97. The van der Waals surface area contributed by atoms with E-state index >= 15 is 0 Å². The van der Waals surface area contributed by atoms with E-state index in [0.717, 1.165) is 13.1 Å². The fourth-order valence-corrected chi connectivity index (χ4v) is 3.05. The molecule has 4 nitrogen and oxygen atoms in total. The third kappa shape index (κ3) is 2.73. The normalized spacial score (nSPS) is 25.0. The summed E-state index contributed by atoms with van der Waals surface area (Å²) in [5, 5.41) is 0. The smallest absolute Gasteiger partial charge is 0.319 e. The Morgan fingerprint density at radius 2 is 1.47 bits per heavy atom. The highest BCUT2D eigenvalue weighted by atomic mass is 16.2. The van der Waals surface area contributed by atoms with Crippen molar-refractivity contribution in [3.8, 4) is 0 Å². The molecular formula is C13H25N3O. The molecule has 2 saturated heterocycles. The molecule has 2 aliphatic heterocycles. The van der Waals surface area contributed by atoms with Gasteiger partial charge in [0.1, 0.15) is 0 Å². The van der Waals surface area contributed by atoms with Crippen molar-refractivity contribution in [2.24, 2.45) is 5.41 Å². The molecule has 17 heavy (non-hydrogen) atoms. The summed E-state index contributed by atoms with van der Waals surface area (Å²) < 4.78 is 0. The number of rotatable bonds is 0. The first-order chi connectivity index (χ1) is 8.02. The maximum atomic E-state index is 11.9. The molecule has 98 valence electrons. The van der Waals surface area contributed by atoms with Crippen LogP contribution < -0.4 is 0 Å². The summed E-state index contributed by atoms with van der Waals surface area (Å²) in [6, 6.07) is 0.174. The van der Waals surface area contributed by atoms with Crippen molar-refractivity contribution in [2.75, 3.05) is 47.3 Å². The van der Waals surface area contributed by atoms with E-state index < -0.39 is 0 Å². The van der Waals surface area contributed by atoms with Crippen LogP contribution in [0.25, 0.3) is 0 Å². The molecular weight excluding hydrogens is 214 g/mol. The van der Waals surface area contributed by atoms with Crippen LogP contribution in [-0.4, -0.2) is 68.1 Å². The Hall–Kier alpha value is -0.770. The van der Waals surface area contributed by atoms with E-state index in [1.54, 1.807) is 4.90 Å². The minimum absolute atomic E-state index is 0.174. The molecule has 0 saturated carbocycles. The Kier molecular flexibility index (Phi) is 3.61. The Morgan fingerprint density at radius 1 is 1.00 bits per heavy atom. The summed E-state index contributed by atoms with van der Waals surface area (Å²) in [5.41, 5.74) is 0.537. The quantitative estimate of drug-likeness (QED) is 0.640. The largest absolute Gasteiger partial charge is 0.331 e. The van der Waals surface area contributed by atoms with Crippen LogP contribution in [0.1, 0.15) is 25.7 Å². The first kappa shape index (κ1) is 12.7. The van der Waals surface area contributed by atoms with E-state index in [9.17, 15) is 4.79 Å². The maximum Gasteiger partial charge on any atom is 0.319 e. The molecule has 2 heterocycles. The number of likely N-dealkylation sites (tertiary alicyclic amines) is 2. The Balaban J connectivity index is 1.87. The van der Waals surface area contributed by atoms with Crippen molar-refractivity contribution in [1.82, 2.24) is 14.7 Å². The van der Waals surface area contributed by atoms with Gasteiger partial charge in [0.2, 0.25) is 0 Å². The molecule has 2 rings (SSSR count). The maximum absolute atomic E-state index is 11.9. The van der Waals surface area contributed by atoms with E-state index in [0.29, 0.717) is 5.41 Å². The molecule has 1 spiro atoms. The van der Waals surface area contributed by atoms with Crippen molar-refractivity contribution in [3.05, 3.63) is 0 Å². The summed E-state index contributed by atoms with van der Waals surface area (Å²) in [4.78, 5) is 18.0. The second kappa shape index (κ2) is 4.84. The van der Waals surface area contributed by atoms with E-state index in [2.05, 4.69) is 11.9 Å². The van der Waals surface area contributed by atoms with E-state index in [1.807, 2.05) is 19.0 Å². The van der Waals surface area contributed by atoms with E-state index in [1.165, 1.54) is 38.8 Å². The summed E-state index contributed by atoms with van der Waals surface area (Å²) in [6.45, 7) is 4.34. The van der Waals surface area contributed by atoms with Crippen molar-refractivity contribution in [1.29, 1.82) is 0 Å². The summed E-state index contributed by atoms with van der Waals surface area (Å²) in [6.07, 6.45) is 5.02. The number of urea groups is 1. The molecule has 2 amide bonds. The second-order valence-electron chi connectivity index (χ2n) is 5.97. The van der Waals surface area contributed by atoms with E-state index in [4.69, 9.17) is 0 Å². The molecule has 0 aliphatic carbocycles. The van der Waals surface area contributed by atoms with Crippen molar-refractivity contribution >= 4 is 6.03 Å².